The molecule has 1 atom stereocenters. The van der Waals surface area contributed by atoms with E-state index < -0.39 is 23.9 Å². The maximum absolute atomic E-state index is 13.6. The molecule has 0 bridgehead atoms. The van der Waals surface area contributed by atoms with Gasteiger partial charge in [0.05, 0.1) is 5.56 Å². The van der Waals surface area contributed by atoms with Crippen molar-refractivity contribution in [2.45, 2.75) is 6.29 Å². The zero-order valence-corrected chi connectivity index (χ0v) is 11.3. The van der Waals surface area contributed by atoms with Crippen molar-refractivity contribution in [3.05, 3.63) is 77.1 Å². The van der Waals surface area contributed by atoms with E-state index in [0.717, 1.165) is 0 Å². The Hall–Kier alpha value is -2.79. The van der Waals surface area contributed by atoms with Gasteiger partial charge in [-0.05, 0) is 17.7 Å². The number of carbonyl (C=O) groups is 2. The van der Waals surface area contributed by atoms with Crippen LogP contribution >= 0.6 is 0 Å². The number of aliphatic hydroxyl groups is 1. The van der Waals surface area contributed by atoms with Crippen molar-refractivity contribution in [2.75, 3.05) is 0 Å². The third kappa shape index (κ3) is 2.54. The number of ether oxygens (including phenoxy) is 1. The van der Waals surface area contributed by atoms with E-state index in [1.807, 2.05) is 0 Å². The van der Waals surface area contributed by atoms with Crippen LogP contribution in [0.5, 0.6) is 0 Å². The first-order valence-corrected chi connectivity index (χ1v) is 6.56. The molecule has 0 aliphatic carbocycles. The van der Waals surface area contributed by atoms with Gasteiger partial charge in [-0.3, -0.25) is 4.79 Å². The number of benzene rings is 2. The summed E-state index contributed by atoms with van der Waals surface area (Å²) in [5, 5.41) is 9.58. The first kappa shape index (κ1) is 14.2. The number of hydrogen-bond donors (Lipinski definition) is 1. The van der Waals surface area contributed by atoms with Crippen LogP contribution in [0.25, 0.3) is 5.57 Å². The van der Waals surface area contributed by atoms with Crippen LogP contribution in [-0.4, -0.2) is 23.1 Å². The maximum Gasteiger partial charge on any atom is 0.333 e. The summed E-state index contributed by atoms with van der Waals surface area (Å²) in [6.07, 6.45) is -0.112. The number of cyclic esters (lactones) is 1. The van der Waals surface area contributed by atoms with Crippen molar-refractivity contribution in [2.24, 2.45) is 0 Å². The highest BCUT2D eigenvalue weighted by Gasteiger charge is 2.25. The van der Waals surface area contributed by atoms with E-state index in [9.17, 15) is 19.1 Å². The number of esters is 1. The third-order valence-corrected chi connectivity index (χ3v) is 3.37. The minimum atomic E-state index is -1.30. The first-order valence-electron chi connectivity index (χ1n) is 6.56. The van der Waals surface area contributed by atoms with Gasteiger partial charge in [0.25, 0.3) is 0 Å². The molecule has 4 nitrogen and oxygen atoms in total. The lowest BCUT2D eigenvalue weighted by atomic mass is 9.99. The lowest BCUT2D eigenvalue weighted by molar-refractivity contribution is -0.149. The number of rotatable bonds is 3. The van der Waals surface area contributed by atoms with Crippen molar-refractivity contribution < 1.29 is 23.8 Å². The second-order valence-electron chi connectivity index (χ2n) is 4.78. The zero-order chi connectivity index (χ0) is 15.7. The van der Waals surface area contributed by atoms with Crippen LogP contribution in [0.2, 0.25) is 0 Å². The topological polar surface area (TPSA) is 63.6 Å². The lowest BCUT2D eigenvalue weighted by Gasteiger charge is -2.08. The van der Waals surface area contributed by atoms with Gasteiger partial charge in [-0.25, -0.2) is 9.18 Å². The van der Waals surface area contributed by atoms with Gasteiger partial charge in [-0.2, -0.15) is 0 Å². The molecule has 1 aliphatic rings. The highest BCUT2D eigenvalue weighted by atomic mass is 19.1. The van der Waals surface area contributed by atoms with Crippen LogP contribution in [0.15, 0.2) is 54.6 Å². The normalized spacial score (nSPS) is 17.1. The van der Waals surface area contributed by atoms with Gasteiger partial charge in [0.2, 0.25) is 6.29 Å². The van der Waals surface area contributed by atoms with Crippen LogP contribution in [0.1, 0.15) is 21.5 Å². The second-order valence-corrected chi connectivity index (χ2v) is 4.78. The van der Waals surface area contributed by atoms with E-state index in [4.69, 9.17) is 0 Å². The molecule has 2 aromatic rings. The number of halogens is 1. The molecule has 110 valence electrons. The predicted octanol–water partition coefficient (Wildman–Crippen LogP) is 2.32. The largest absolute Gasteiger partial charge is 0.428 e. The number of hydrogen-bond acceptors (Lipinski definition) is 4. The molecular weight excluding hydrogens is 287 g/mol. The Morgan fingerprint density at radius 2 is 1.77 bits per heavy atom. The van der Waals surface area contributed by atoms with Crippen molar-refractivity contribution >= 4 is 17.3 Å². The summed E-state index contributed by atoms with van der Waals surface area (Å²) in [6, 6.07) is 11.9. The molecule has 0 saturated heterocycles. The van der Waals surface area contributed by atoms with E-state index in [-0.39, 0.29) is 5.56 Å². The molecule has 5 heteroatoms. The summed E-state index contributed by atoms with van der Waals surface area (Å²) in [5.41, 5.74) is 1.20. The fourth-order valence-corrected chi connectivity index (χ4v) is 2.25. The molecule has 1 N–H and O–H groups in total. The Morgan fingerprint density at radius 1 is 1.09 bits per heavy atom. The van der Waals surface area contributed by atoms with E-state index in [1.54, 1.807) is 18.2 Å². The summed E-state index contributed by atoms with van der Waals surface area (Å²) in [6.45, 7) is 0. The molecule has 0 radical (unpaired) electrons. The second kappa shape index (κ2) is 5.54. The predicted molar refractivity (Wildman–Crippen MR) is 76.4 cm³/mol. The van der Waals surface area contributed by atoms with Crippen molar-refractivity contribution in [3.8, 4) is 0 Å². The van der Waals surface area contributed by atoms with E-state index in [2.05, 4.69) is 4.74 Å². The summed E-state index contributed by atoms with van der Waals surface area (Å²) < 4.78 is 18.2. The van der Waals surface area contributed by atoms with Gasteiger partial charge >= 0.3 is 5.97 Å². The van der Waals surface area contributed by atoms with Crippen LogP contribution < -0.4 is 0 Å². The van der Waals surface area contributed by atoms with E-state index in [0.29, 0.717) is 16.7 Å². The number of ketones is 1. The van der Waals surface area contributed by atoms with Gasteiger partial charge in [0, 0.05) is 17.2 Å². The maximum atomic E-state index is 13.6. The van der Waals surface area contributed by atoms with Gasteiger partial charge in [0.15, 0.2) is 5.78 Å². The molecular formula is C17H11FO4. The van der Waals surface area contributed by atoms with E-state index >= 15 is 0 Å². The average Bonchev–Trinajstić information content (AvgIpc) is 2.86. The molecule has 0 amide bonds. The highest BCUT2D eigenvalue weighted by Crippen LogP contribution is 2.25. The fourth-order valence-electron chi connectivity index (χ4n) is 2.25. The molecule has 22 heavy (non-hydrogen) atoms. The van der Waals surface area contributed by atoms with Crippen LogP contribution in [0.3, 0.4) is 0 Å². The molecule has 1 heterocycles. The molecule has 1 unspecified atom stereocenters. The minimum Gasteiger partial charge on any atom is -0.428 e. The molecule has 0 fully saturated rings. The highest BCUT2D eigenvalue weighted by molar-refractivity contribution is 6.09. The summed E-state index contributed by atoms with van der Waals surface area (Å²) >= 11 is 0. The Kier molecular flexibility index (Phi) is 3.56. The molecule has 2 aromatic carbocycles. The Morgan fingerprint density at radius 3 is 2.36 bits per heavy atom. The Labute approximate surface area is 125 Å². The zero-order valence-electron chi connectivity index (χ0n) is 11.3. The smallest absolute Gasteiger partial charge is 0.333 e. The van der Waals surface area contributed by atoms with Crippen molar-refractivity contribution in [3.63, 3.8) is 0 Å². The average molecular weight is 298 g/mol. The third-order valence-electron chi connectivity index (χ3n) is 3.37. The fraction of sp³-hybridized carbons (Fsp3) is 0.0588. The molecule has 3 rings (SSSR count). The van der Waals surface area contributed by atoms with Crippen molar-refractivity contribution in [1.29, 1.82) is 0 Å². The molecule has 0 spiro atoms. The number of aliphatic hydroxyl groups excluding tert-OH is 1. The standard InChI is InChI=1S/C17H11FO4/c18-14-4-2-1-3-12(14)16(20)11-7-5-10(6-8-11)13-9-15(19)22-17(13)21/h1-9,17,21H. The Bertz CT molecular complexity index is 778. The van der Waals surface area contributed by atoms with Crippen molar-refractivity contribution in [1.82, 2.24) is 0 Å². The molecule has 0 aromatic heterocycles. The minimum absolute atomic E-state index is 0.00567. The summed E-state index contributed by atoms with van der Waals surface area (Å²) in [4.78, 5) is 23.3. The summed E-state index contributed by atoms with van der Waals surface area (Å²) in [5.74, 6) is -1.63. The van der Waals surface area contributed by atoms with Crippen LogP contribution in [-0.2, 0) is 9.53 Å². The monoisotopic (exact) mass is 298 g/mol. The Balaban J connectivity index is 1.89. The first-order chi connectivity index (χ1) is 10.6. The van der Waals surface area contributed by atoms with Crippen LogP contribution in [0.4, 0.5) is 4.39 Å². The molecule has 0 saturated carbocycles. The lowest BCUT2D eigenvalue weighted by Crippen LogP contribution is -2.09. The SMILES string of the molecule is O=C1C=C(c2ccc(C(=O)c3ccccc3F)cc2)C(O)O1. The quantitative estimate of drug-likeness (QED) is 0.697. The van der Waals surface area contributed by atoms with Gasteiger partial charge in [-0.1, -0.05) is 36.4 Å². The molecule has 1 aliphatic heterocycles. The van der Waals surface area contributed by atoms with E-state index in [1.165, 1.54) is 36.4 Å². The van der Waals surface area contributed by atoms with Gasteiger partial charge < -0.3 is 9.84 Å². The summed E-state index contributed by atoms with van der Waals surface area (Å²) in [7, 11) is 0. The van der Waals surface area contributed by atoms with Gasteiger partial charge in [-0.15, -0.1) is 0 Å². The van der Waals surface area contributed by atoms with Crippen LogP contribution in [0, 0.1) is 5.82 Å². The number of carbonyl (C=O) groups excluding carboxylic acids is 2. The van der Waals surface area contributed by atoms with Gasteiger partial charge in [0.1, 0.15) is 5.82 Å².